The Morgan fingerprint density at radius 3 is 0.747 bits per heavy atom. The highest BCUT2D eigenvalue weighted by Crippen LogP contribution is 2.73. The van der Waals surface area contributed by atoms with Gasteiger partial charge in [0, 0.05) is 31.7 Å². The van der Waals surface area contributed by atoms with Gasteiger partial charge in [0.2, 0.25) is 23.3 Å². The number of rotatable bonds is 35. The summed E-state index contributed by atoms with van der Waals surface area (Å²) < 4.78 is 456. The molecule has 0 spiro atoms. The minimum atomic E-state index is -11.7. The van der Waals surface area contributed by atoms with E-state index in [1.165, 1.54) is 27.7 Å². The number of benzene rings is 1. The number of halogens is 30. The molecule has 0 fully saturated rings. The molecule has 470 valence electrons. The molecule has 0 aromatic heterocycles. The number of nitrogens with one attached hydrogen (secondary N) is 1. The van der Waals surface area contributed by atoms with Gasteiger partial charge in [-0.3, -0.25) is 0 Å². The van der Waals surface area contributed by atoms with Gasteiger partial charge >= 0.3 is 59.7 Å². The molecule has 0 aliphatic heterocycles. The van der Waals surface area contributed by atoms with Gasteiger partial charge in [-0.1, -0.05) is 105 Å². The summed E-state index contributed by atoms with van der Waals surface area (Å²) in [6.07, 6.45) is -40.0. The second kappa shape index (κ2) is 27.7. The monoisotopic (exact) mass is 1220 g/mol. The van der Waals surface area contributed by atoms with E-state index < -0.39 is 189 Å². The summed E-state index contributed by atoms with van der Waals surface area (Å²) in [5.41, 5.74) is -2.68. The van der Waals surface area contributed by atoms with Crippen LogP contribution in [-0.4, -0.2) is 89.9 Å². The number of hydrogen-bond donors (Lipinski definition) is 1. The van der Waals surface area contributed by atoms with Crippen LogP contribution in [0.15, 0.2) is 6.07 Å². The molecule has 32 heteroatoms. The zero-order valence-electron chi connectivity index (χ0n) is 43.5. The summed E-state index contributed by atoms with van der Waals surface area (Å²) in [5, 5.41) is 0. The Balaban J connectivity index is 0.00000283. The van der Waals surface area contributed by atoms with E-state index in [0.29, 0.717) is 11.0 Å². The molecule has 1 aromatic carbocycles. The highest BCUT2D eigenvalue weighted by atomic mass is 19.4. The summed E-state index contributed by atoms with van der Waals surface area (Å²) in [7, 11) is 0. The molecular formula is C47H64BF30N. The van der Waals surface area contributed by atoms with E-state index in [1.54, 1.807) is 13.8 Å². The van der Waals surface area contributed by atoms with Crippen molar-refractivity contribution in [3.05, 3.63) is 29.1 Å². The maximum Gasteiger partial charge on any atom is 0.422 e. The summed E-state index contributed by atoms with van der Waals surface area (Å²) in [6.45, 7) is 8.80. The van der Waals surface area contributed by atoms with Gasteiger partial charge in [-0.05, 0) is 39.5 Å². The molecule has 1 rings (SSSR count). The van der Waals surface area contributed by atoms with Crippen LogP contribution in [0.4, 0.5) is 137 Å². The van der Waals surface area contributed by atoms with Crippen molar-refractivity contribution in [3.8, 4) is 0 Å². The van der Waals surface area contributed by atoms with Crippen LogP contribution in [0.1, 0.15) is 176 Å². The van der Waals surface area contributed by atoms with E-state index >= 15 is 105 Å². The lowest BCUT2D eigenvalue weighted by molar-refractivity contribution is -0.829. The molecule has 1 N–H and O–H groups in total. The van der Waals surface area contributed by atoms with Crippen molar-refractivity contribution in [1.82, 2.24) is 0 Å². The lowest BCUT2D eigenvalue weighted by atomic mass is 9.08. The van der Waals surface area contributed by atoms with E-state index in [9.17, 15) is 26.3 Å². The number of unbranched alkanes of at least 4 members (excludes halogenated alkanes) is 12. The Labute approximate surface area is 437 Å². The van der Waals surface area contributed by atoms with Crippen LogP contribution in [0.5, 0.6) is 0 Å². The maximum atomic E-state index is 16.5. The largest absolute Gasteiger partial charge is 0.422 e. The van der Waals surface area contributed by atoms with Crippen molar-refractivity contribution < 1.29 is 137 Å². The first kappa shape index (κ1) is 76.1. The van der Waals surface area contributed by atoms with Gasteiger partial charge in [0.05, 0.1) is 13.1 Å². The van der Waals surface area contributed by atoms with Crippen molar-refractivity contribution >= 4 is 11.8 Å². The predicted octanol–water partition coefficient (Wildman–Crippen LogP) is 19.8. The highest BCUT2D eigenvalue weighted by Gasteiger charge is 3.03. The Morgan fingerprint density at radius 2 is 0.557 bits per heavy atom. The minimum Gasteiger partial charge on any atom is -0.300 e. The fourth-order valence-electron chi connectivity index (χ4n) is 8.89. The number of quaternary nitrogens is 1. The molecule has 0 bridgehead atoms. The van der Waals surface area contributed by atoms with Gasteiger partial charge in [0.1, 0.15) is 5.56 Å². The summed E-state index contributed by atoms with van der Waals surface area (Å²) in [5.74, 6) is -109. The summed E-state index contributed by atoms with van der Waals surface area (Å²) in [4.78, 5) is 0.303. The fourth-order valence-corrected chi connectivity index (χ4v) is 8.89. The van der Waals surface area contributed by atoms with Crippen LogP contribution in [0.3, 0.4) is 0 Å². The molecule has 0 atom stereocenters. The third-order valence-corrected chi connectivity index (χ3v) is 13.7. The quantitative estimate of drug-likeness (QED) is 0.0299. The first-order valence-electron chi connectivity index (χ1n) is 25.3. The predicted molar refractivity (Wildman–Crippen MR) is 233 cm³/mol. The first-order valence-corrected chi connectivity index (χ1v) is 25.3. The maximum absolute atomic E-state index is 16.5. The van der Waals surface area contributed by atoms with Crippen LogP contribution in [0.25, 0.3) is 0 Å². The molecule has 0 amide bonds. The fraction of sp³-hybridized carbons (Fsp3) is 0.872. The number of hydrogen-bond acceptors (Lipinski definition) is 0. The Bertz CT molecular complexity index is 1800. The van der Waals surface area contributed by atoms with E-state index in [-0.39, 0.29) is 64.5 Å². The molecule has 0 saturated heterocycles. The average Bonchev–Trinajstić information content (AvgIpc) is 3.30. The molecule has 0 heterocycles. The van der Waals surface area contributed by atoms with E-state index in [2.05, 4.69) is 0 Å². The normalized spacial score (nSPS) is 14.8. The third-order valence-electron chi connectivity index (χ3n) is 13.7. The van der Waals surface area contributed by atoms with Gasteiger partial charge in [0.15, 0.2) is 23.1 Å². The van der Waals surface area contributed by atoms with Crippen molar-refractivity contribution in [3.63, 3.8) is 0 Å². The van der Waals surface area contributed by atoms with Gasteiger partial charge in [-0.15, -0.1) is 0 Å². The van der Waals surface area contributed by atoms with E-state index in [1.807, 2.05) is 0 Å². The van der Waals surface area contributed by atoms with Crippen molar-refractivity contribution in [1.29, 1.82) is 0 Å². The lowest BCUT2D eigenvalue weighted by Crippen LogP contribution is -3.06. The second-order valence-corrected chi connectivity index (χ2v) is 19.4. The first-order chi connectivity index (χ1) is 35.5. The molecule has 0 aliphatic carbocycles. The van der Waals surface area contributed by atoms with E-state index in [0.717, 1.165) is 0 Å². The Hall–Kier alpha value is -2.86. The molecule has 79 heavy (non-hydrogen) atoms. The lowest BCUT2D eigenvalue weighted by Gasteiger charge is -2.63. The zero-order chi connectivity index (χ0) is 62.7. The van der Waals surface area contributed by atoms with Gasteiger partial charge < -0.3 is 4.90 Å². The topological polar surface area (TPSA) is 4.44 Å². The Kier molecular flexibility index (Phi) is 26.7. The van der Waals surface area contributed by atoms with Crippen molar-refractivity contribution in [2.24, 2.45) is 0 Å². The van der Waals surface area contributed by atoms with Crippen molar-refractivity contribution in [2.75, 3.05) is 13.1 Å². The summed E-state index contributed by atoms with van der Waals surface area (Å²) in [6, 6.07) is 0.474. The standard InChI is InChI=1S/C36H52BF24.C11H11F6N/c1-5-9-13-17-21-25(38,39)29(46,47)33(54,55)37(34(56,57)30(48,49)26(40,41)22-18-14-10-6-2,35(58,59)31(50,51)27(42,43)23-19-15-11-7-3)36(60,61)32(52,53)28(44,45)24-20-16-12-8-4;1-3-18(4-2)7-5-6(12)9(13)8(10(7)14)11(15,16)17/h5-24H2,1-4H3;5H,3-4H2,1-2H3/q-1;/p+1. The Morgan fingerprint density at radius 1 is 0.329 bits per heavy atom. The second-order valence-electron chi connectivity index (χ2n) is 19.4. The highest BCUT2D eigenvalue weighted by molar-refractivity contribution is 6.89. The minimum absolute atomic E-state index is 0.0414. The van der Waals surface area contributed by atoms with Crippen LogP contribution in [-0.2, 0) is 6.18 Å². The number of alkyl halides is 27. The molecule has 0 saturated carbocycles. The third kappa shape index (κ3) is 14.4. The van der Waals surface area contributed by atoms with Gasteiger partial charge in [-0.25, -0.2) is 43.9 Å². The van der Waals surface area contributed by atoms with Crippen LogP contribution >= 0.6 is 0 Å². The summed E-state index contributed by atoms with van der Waals surface area (Å²) >= 11 is 0. The molecule has 1 nitrogen and oxygen atoms in total. The van der Waals surface area contributed by atoms with Gasteiger partial charge in [0.25, 0.3) is 0 Å². The molecule has 1 aromatic rings. The van der Waals surface area contributed by atoms with Crippen LogP contribution in [0, 0.1) is 17.5 Å². The SMILES string of the molecule is CCCCCCC(F)(F)C(F)(F)C(F)(F)[B-](C(F)(F)C(F)(F)C(F)(F)CCCCCC)(C(F)(F)C(F)(F)C(F)(F)CCCCCC)C(F)(F)C(F)(F)C(F)(F)CCCCCC.CC[NH+](CC)c1cc(F)c(F)c(C(F)(F)F)c1F. The van der Waals surface area contributed by atoms with Crippen molar-refractivity contribution in [2.45, 2.75) is 247 Å². The molecule has 0 unspecified atom stereocenters. The smallest absolute Gasteiger partial charge is 0.300 e. The van der Waals surface area contributed by atoms with Crippen LogP contribution in [0.2, 0.25) is 0 Å². The molecular weight excluding hydrogens is 1160 g/mol. The molecule has 0 radical (unpaired) electrons. The zero-order valence-corrected chi connectivity index (χ0v) is 43.5. The average molecular weight is 1220 g/mol. The molecule has 0 aliphatic rings. The van der Waals surface area contributed by atoms with Crippen LogP contribution < -0.4 is 4.90 Å². The van der Waals surface area contributed by atoms with Gasteiger partial charge in [-0.2, -0.15) is 87.8 Å². The van der Waals surface area contributed by atoms with E-state index in [4.69, 9.17) is 0 Å².